The molecule has 12 heteroatoms. The molecule has 4 aromatic rings. The van der Waals surface area contributed by atoms with E-state index in [0.29, 0.717) is 18.8 Å². The second-order valence-electron chi connectivity index (χ2n) is 9.15. The van der Waals surface area contributed by atoms with Crippen molar-refractivity contribution >= 4 is 17.9 Å². The number of nitrogens with two attached hydrogens (primary N) is 1. The van der Waals surface area contributed by atoms with Crippen LogP contribution >= 0.6 is 0 Å². The van der Waals surface area contributed by atoms with Crippen LogP contribution in [0.3, 0.4) is 0 Å². The number of hydrogen-bond donors (Lipinski definition) is 2. The zero-order valence-electron chi connectivity index (χ0n) is 21.1. The Labute approximate surface area is 219 Å². The third kappa shape index (κ3) is 6.03. The molecule has 1 aliphatic heterocycles. The number of rotatable bonds is 9. The average molecular weight is 516 g/mol. The molecule has 0 bridgehead atoms. The van der Waals surface area contributed by atoms with Crippen LogP contribution in [0.5, 0.6) is 5.75 Å². The number of ether oxygens (including phenoxy) is 1. The molecule has 1 aliphatic rings. The first-order valence-corrected chi connectivity index (χ1v) is 12.4. The number of nitrogens with one attached hydrogen (secondary N) is 1. The normalized spacial score (nSPS) is 14.1. The monoisotopic (exact) mass is 515 g/mol. The van der Waals surface area contributed by atoms with Crippen LogP contribution in [0.25, 0.3) is 5.82 Å². The van der Waals surface area contributed by atoms with E-state index >= 15 is 0 Å². The molecule has 0 atom stereocenters. The zero-order chi connectivity index (χ0) is 26.3. The van der Waals surface area contributed by atoms with Gasteiger partial charge < -0.3 is 10.5 Å². The minimum Gasteiger partial charge on any atom is -0.489 e. The molecule has 196 valence electrons. The number of benzene rings is 2. The van der Waals surface area contributed by atoms with E-state index in [4.69, 9.17) is 15.1 Å². The Balaban J connectivity index is 1.23. The lowest BCUT2D eigenvalue weighted by atomic mass is 10.1. The number of carbonyl (C=O) groups excluding carboxylic acids is 1. The van der Waals surface area contributed by atoms with Crippen LogP contribution in [0.4, 0.5) is 5.82 Å². The number of hydrazone groups is 1. The molecule has 0 spiro atoms. The number of amides is 1. The maximum absolute atomic E-state index is 13.0. The summed E-state index contributed by atoms with van der Waals surface area (Å²) < 4.78 is 12.0. The van der Waals surface area contributed by atoms with E-state index in [1.807, 2.05) is 36.4 Å². The van der Waals surface area contributed by atoms with Crippen molar-refractivity contribution in [3.05, 3.63) is 76.6 Å². The van der Waals surface area contributed by atoms with Crippen molar-refractivity contribution in [3.8, 4) is 11.6 Å². The number of carbonyl (C=O) groups is 1. The summed E-state index contributed by atoms with van der Waals surface area (Å²) in [6.07, 6.45) is 4.93. The highest BCUT2D eigenvalue weighted by atomic mass is 16.6. The quantitative estimate of drug-likeness (QED) is 0.253. The first-order chi connectivity index (χ1) is 18.6. The second kappa shape index (κ2) is 11.6. The fourth-order valence-electron chi connectivity index (χ4n) is 4.29. The van der Waals surface area contributed by atoms with Crippen molar-refractivity contribution in [2.45, 2.75) is 39.3 Å². The Bertz CT molecular complexity index is 1410. The van der Waals surface area contributed by atoms with Crippen LogP contribution in [-0.2, 0) is 13.2 Å². The third-order valence-electron chi connectivity index (χ3n) is 6.24. The molecule has 3 N–H and O–H groups in total. The van der Waals surface area contributed by atoms with E-state index in [9.17, 15) is 4.79 Å². The van der Waals surface area contributed by atoms with Gasteiger partial charge in [0.2, 0.25) is 11.6 Å². The van der Waals surface area contributed by atoms with E-state index < -0.39 is 5.91 Å². The second-order valence-corrected chi connectivity index (χ2v) is 9.15. The van der Waals surface area contributed by atoms with Crippen LogP contribution in [0.2, 0.25) is 0 Å². The molecular weight excluding hydrogens is 486 g/mol. The largest absolute Gasteiger partial charge is 0.489 e. The van der Waals surface area contributed by atoms with Crippen LogP contribution in [0.1, 0.15) is 52.1 Å². The number of nitrogen functional groups attached to an aromatic ring is 1. The summed E-state index contributed by atoms with van der Waals surface area (Å²) in [6.45, 7) is 4.83. The van der Waals surface area contributed by atoms with Crippen molar-refractivity contribution < 1.29 is 14.2 Å². The molecule has 1 amide bonds. The van der Waals surface area contributed by atoms with Crippen LogP contribution in [0.15, 0.2) is 58.3 Å². The number of nitrogens with zero attached hydrogens (tertiary/aromatic N) is 7. The molecule has 2 aromatic carbocycles. The van der Waals surface area contributed by atoms with Gasteiger partial charge in [0.25, 0.3) is 5.91 Å². The van der Waals surface area contributed by atoms with Gasteiger partial charge in [0, 0.05) is 6.54 Å². The summed E-state index contributed by atoms with van der Waals surface area (Å²) in [7, 11) is 0. The number of aryl methyl sites for hydroxylation is 1. The smallest absolute Gasteiger partial charge is 0.293 e. The van der Waals surface area contributed by atoms with E-state index in [1.54, 1.807) is 6.21 Å². The van der Waals surface area contributed by atoms with Gasteiger partial charge in [-0.25, -0.2) is 10.1 Å². The van der Waals surface area contributed by atoms with Crippen molar-refractivity contribution in [1.82, 2.24) is 35.6 Å². The molecule has 0 aliphatic carbocycles. The summed E-state index contributed by atoms with van der Waals surface area (Å²) in [4.78, 5) is 15.2. The standard InChI is InChI=1S/C26H29N9O3/c1-18-6-5-7-20(14-18)17-37-21-10-8-19(9-11-21)15-28-30-26(36)23-22(16-34-12-3-2-4-13-34)35(33-29-23)25-24(27)31-38-32-25/h5-11,14-15H,2-4,12-13,16-17H2,1H3,(H2,27,31)(H,30,36). The molecule has 12 nitrogen and oxygen atoms in total. The first-order valence-electron chi connectivity index (χ1n) is 12.4. The van der Waals surface area contributed by atoms with Crippen molar-refractivity contribution in [2.24, 2.45) is 5.10 Å². The Morgan fingerprint density at radius 2 is 1.97 bits per heavy atom. The minimum absolute atomic E-state index is 0.0612. The highest BCUT2D eigenvalue weighted by Crippen LogP contribution is 2.20. The predicted molar refractivity (Wildman–Crippen MR) is 140 cm³/mol. The van der Waals surface area contributed by atoms with Gasteiger partial charge in [-0.3, -0.25) is 9.69 Å². The lowest BCUT2D eigenvalue weighted by Crippen LogP contribution is -2.31. The molecule has 0 saturated carbocycles. The summed E-state index contributed by atoms with van der Waals surface area (Å²) in [5.41, 5.74) is 12.2. The molecule has 2 aromatic heterocycles. The topological polar surface area (TPSA) is 150 Å². The van der Waals surface area contributed by atoms with Gasteiger partial charge in [-0.05, 0) is 78.6 Å². The maximum atomic E-state index is 13.0. The molecule has 3 heterocycles. The van der Waals surface area contributed by atoms with Gasteiger partial charge in [-0.1, -0.05) is 41.5 Å². The van der Waals surface area contributed by atoms with Gasteiger partial charge in [0.15, 0.2) is 5.69 Å². The lowest BCUT2D eigenvalue weighted by Gasteiger charge is -2.26. The van der Waals surface area contributed by atoms with Crippen molar-refractivity contribution in [2.75, 3.05) is 18.8 Å². The van der Waals surface area contributed by atoms with Gasteiger partial charge >= 0.3 is 0 Å². The summed E-state index contributed by atoms with van der Waals surface area (Å²) >= 11 is 0. The van der Waals surface area contributed by atoms with Gasteiger partial charge in [-0.15, -0.1) is 5.10 Å². The number of aromatic nitrogens is 5. The van der Waals surface area contributed by atoms with Gasteiger partial charge in [0.1, 0.15) is 12.4 Å². The summed E-state index contributed by atoms with van der Waals surface area (Å²) in [5.74, 6) is 0.503. The van der Waals surface area contributed by atoms with Crippen LogP contribution in [-0.4, -0.2) is 55.4 Å². The fourth-order valence-corrected chi connectivity index (χ4v) is 4.29. The van der Waals surface area contributed by atoms with E-state index in [-0.39, 0.29) is 17.3 Å². The SMILES string of the molecule is Cc1cccc(COc2ccc(C=NNC(=O)c3nnn(-c4nonc4N)c3CN3CCCCC3)cc2)c1. The lowest BCUT2D eigenvalue weighted by molar-refractivity contribution is 0.0947. The maximum Gasteiger partial charge on any atom is 0.293 e. The molecule has 38 heavy (non-hydrogen) atoms. The molecule has 5 rings (SSSR count). The van der Waals surface area contributed by atoms with Crippen molar-refractivity contribution in [3.63, 3.8) is 0 Å². The summed E-state index contributed by atoms with van der Waals surface area (Å²) in [6, 6.07) is 15.6. The fraction of sp³-hybridized carbons (Fsp3) is 0.308. The Morgan fingerprint density at radius 1 is 1.16 bits per heavy atom. The number of anilines is 1. The Hall–Kier alpha value is -4.58. The highest BCUT2D eigenvalue weighted by Gasteiger charge is 2.26. The molecule has 0 radical (unpaired) electrons. The van der Waals surface area contributed by atoms with E-state index in [2.05, 4.69) is 55.1 Å². The predicted octanol–water partition coefficient (Wildman–Crippen LogP) is 2.87. The third-order valence-corrected chi connectivity index (χ3v) is 6.24. The molecule has 1 fully saturated rings. The van der Waals surface area contributed by atoms with Gasteiger partial charge in [0.05, 0.1) is 11.9 Å². The zero-order valence-corrected chi connectivity index (χ0v) is 21.1. The van der Waals surface area contributed by atoms with Gasteiger partial charge in [-0.2, -0.15) is 9.78 Å². The average Bonchev–Trinajstić information content (AvgIpc) is 3.54. The molecule has 1 saturated heterocycles. The van der Waals surface area contributed by atoms with Crippen molar-refractivity contribution in [1.29, 1.82) is 0 Å². The van der Waals surface area contributed by atoms with Crippen LogP contribution in [0, 0.1) is 6.92 Å². The first kappa shape index (κ1) is 25.1. The highest BCUT2D eigenvalue weighted by molar-refractivity contribution is 5.94. The Kier molecular flexibility index (Phi) is 7.69. The summed E-state index contributed by atoms with van der Waals surface area (Å²) in [5, 5.41) is 19.7. The van der Waals surface area contributed by atoms with E-state index in [0.717, 1.165) is 42.8 Å². The minimum atomic E-state index is -0.493. The molecular formula is C26H29N9O3. The number of piperidine rings is 1. The Morgan fingerprint density at radius 3 is 2.71 bits per heavy atom. The molecule has 0 unspecified atom stereocenters. The van der Waals surface area contributed by atoms with E-state index in [1.165, 1.54) is 16.7 Å². The van der Waals surface area contributed by atoms with Crippen LogP contribution < -0.4 is 15.9 Å². The number of hydrogen-bond acceptors (Lipinski definition) is 10. The number of likely N-dealkylation sites (tertiary alicyclic amines) is 1.